The first-order valence-electron chi connectivity index (χ1n) is 11.3. The highest BCUT2D eigenvalue weighted by Crippen LogP contribution is 2.29. The number of hydrogen-bond acceptors (Lipinski definition) is 5. The topological polar surface area (TPSA) is 119 Å². The minimum atomic E-state index is -1.11. The quantitative estimate of drug-likeness (QED) is 0.466. The predicted octanol–water partition coefficient (Wildman–Crippen LogP) is 3.48. The van der Waals surface area contributed by atoms with Crippen molar-refractivity contribution in [3.8, 4) is 5.75 Å². The van der Waals surface area contributed by atoms with Gasteiger partial charge in [-0.25, -0.2) is 19.1 Å². The van der Waals surface area contributed by atoms with Crippen molar-refractivity contribution in [1.82, 2.24) is 14.1 Å². The zero-order valence-electron chi connectivity index (χ0n) is 20.1. The SMILES string of the molecule is CC[C@@H](C)Oc1ccc(/N=c2\[nH]c(=O)n(C[C@H](C)C(=O)O)c(=O)n2Cc2ccc(C)cc2)cc1Cl. The molecule has 0 aliphatic heterocycles. The Bertz CT molecular complexity index is 1390. The van der Waals surface area contributed by atoms with Gasteiger partial charge >= 0.3 is 17.3 Å². The Balaban J connectivity index is 2.13. The van der Waals surface area contributed by atoms with Crippen LogP contribution in [0.25, 0.3) is 0 Å². The molecule has 3 aromatic rings. The van der Waals surface area contributed by atoms with Crippen molar-refractivity contribution in [2.75, 3.05) is 0 Å². The lowest BCUT2D eigenvalue weighted by Crippen LogP contribution is -2.51. The Morgan fingerprint density at radius 1 is 1.14 bits per heavy atom. The first-order valence-corrected chi connectivity index (χ1v) is 11.7. The number of carbonyl (C=O) groups is 1. The van der Waals surface area contributed by atoms with Crippen LogP contribution in [0.3, 0.4) is 0 Å². The third kappa shape index (κ3) is 6.51. The van der Waals surface area contributed by atoms with Crippen LogP contribution >= 0.6 is 11.6 Å². The molecule has 9 nitrogen and oxygen atoms in total. The van der Waals surface area contributed by atoms with Crippen molar-refractivity contribution in [2.45, 2.75) is 53.3 Å². The highest BCUT2D eigenvalue weighted by molar-refractivity contribution is 6.32. The normalized spacial score (nSPS) is 13.5. The average Bonchev–Trinajstić information content (AvgIpc) is 2.81. The van der Waals surface area contributed by atoms with Crippen LogP contribution < -0.4 is 21.7 Å². The van der Waals surface area contributed by atoms with E-state index in [0.29, 0.717) is 16.5 Å². The van der Waals surface area contributed by atoms with Crippen LogP contribution in [-0.4, -0.2) is 31.3 Å². The van der Waals surface area contributed by atoms with Gasteiger partial charge in [-0.1, -0.05) is 55.3 Å². The summed E-state index contributed by atoms with van der Waals surface area (Å²) >= 11 is 6.37. The number of H-pyrrole nitrogens is 1. The smallest absolute Gasteiger partial charge is 0.335 e. The monoisotopic (exact) mass is 500 g/mol. The van der Waals surface area contributed by atoms with Crippen LogP contribution in [0.15, 0.2) is 57.0 Å². The van der Waals surface area contributed by atoms with Crippen molar-refractivity contribution in [3.05, 3.63) is 85.2 Å². The molecule has 3 rings (SSSR count). The number of aliphatic carboxylic acids is 1. The molecule has 0 fully saturated rings. The summed E-state index contributed by atoms with van der Waals surface area (Å²) in [4.78, 5) is 44.4. The highest BCUT2D eigenvalue weighted by Gasteiger charge is 2.17. The van der Waals surface area contributed by atoms with Gasteiger partial charge in [0.1, 0.15) is 5.75 Å². The number of carboxylic acid groups (broad SMARTS) is 1. The maximum atomic E-state index is 13.3. The number of aromatic nitrogens is 3. The van der Waals surface area contributed by atoms with Crippen molar-refractivity contribution in [1.29, 1.82) is 0 Å². The highest BCUT2D eigenvalue weighted by atomic mass is 35.5. The summed E-state index contributed by atoms with van der Waals surface area (Å²) in [5.41, 5.74) is 0.901. The third-order valence-electron chi connectivity index (χ3n) is 5.57. The summed E-state index contributed by atoms with van der Waals surface area (Å²) in [6.45, 7) is 7.18. The van der Waals surface area contributed by atoms with E-state index in [-0.39, 0.29) is 24.8 Å². The molecule has 2 N–H and O–H groups in total. The van der Waals surface area contributed by atoms with Crippen molar-refractivity contribution in [3.63, 3.8) is 0 Å². The number of aryl methyl sites for hydroxylation is 1. The summed E-state index contributed by atoms with van der Waals surface area (Å²) in [5, 5.41) is 9.60. The molecule has 0 aliphatic rings. The lowest BCUT2D eigenvalue weighted by molar-refractivity contribution is -0.141. The number of halogens is 1. The molecule has 2 atom stereocenters. The maximum absolute atomic E-state index is 13.3. The molecule has 10 heteroatoms. The first-order chi connectivity index (χ1) is 16.6. The second-order valence-corrected chi connectivity index (χ2v) is 8.93. The van der Waals surface area contributed by atoms with Crippen LogP contribution in [0.5, 0.6) is 5.75 Å². The number of benzene rings is 2. The van der Waals surface area contributed by atoms with Gasteiger partial charge in [0.25, 0.3) is 0 Å². The molecule has 0 saturated heterocycles. The molecule has 35 heavy (non-hydrogen) atoms. The van der Waals surface area contributed by atoms with Crippen LogP contribution in [0.4, 0.5) is 5.69 Å². The Hall–Kier alpha value is -3.59. The Morgan fingerprint density at radius 2 is 1.83 bits per heavy atom. The standard InChI is InChI=1S/C25H29ClN4O5/c1-5-17(4)35-21-11-10-19(12-20(21)26)27-23-28-24(33)30(13-16(3)22(31)32)25(34)29(23)14-18-8-6-15(2)7-9-18/h6-12,16-17H,5,13-14H2,1-4H3,(H,31,32)(H,27,28,33)/t16-,17+/m0/s1. The van der Waals surface area contributed by atoms with Gasteiger partial charge in [0.15, 0.2) is 0 Å². The van der Waals surface area contributed by atoms with Gasteiger partial charge in [-0.2, -0.15) is 0 Å². The summed E-state index contributed by atoms with van der Waals surface area (Å²) in [5.74, 6) is -1.52. The molecule has 1 aromatic heterocycles. The van der Waals surface area contributed by atoms with E-state index in [1.165, 1.54) is 11.5 Å². The van der Waals surface area contributed by atoms with Gasteiger partial charge in [0, 0.05) is 6.54 Å². The van der Waals surface area contributed by atoms with E-state index in [1.807, 2.05) is 45.0 Å². The van der Waals surface area contributed by atoms with Gasteiger partial charge < -0.3 is 9.84 Å². The number of nitrogens with zero attached hydrogens (tertiary/aromatic N) is 3. The summed E-state index contributed by atoms with van der Waals surface area (Å²) in [6, 6.07) is 12.5. The van der Waals surface area contributed by atoms with E-state index in [2.05, 4.69) is 9.98 Å². The number of ether oxygens (including phenoxy) is 1. The molecular formula is C25H29ClN4O5. The molecule has 0 bridgehead atoms. The second kappa shape index (κ2) is 11.2. The molecule has 1 heterocycles. The van der Waals surface area contributed by atoms with Gasteiger partial charge in [-0.05, 0) is 44.0 Å². The average molecular weight is 501 g/mol. The zero-order chi connectivity index (χ0) is 25.7. The summed E-state index contributed by atoms with van der Waals surface area (Å²) in [7, 11) is 0. The summed E-state index contributed by atoms with van der Waals surface area (Å²) < 4.78 is 7.96. The van der Waals surface area contributed by atoms with Crippen LogP contribution in [0, 0.1) is 12.8 Å². The van der Waals surface area contributed by atoms with Gasteiger partial charge in [0.2, 0.25) is 5.62 Å². The molecule has 2 aromatic carbocycles. The van der Waals surface area contributed by atoms with E-state index in [1.54, 1.807) is 18.2 Å². The number of hydrogen-bond donors (Lipinski definition) is 2. The van der Waals surface area contributed by atoms with E-state index in [9.17, 15) is 19.5 Å². The Morgan fingerprint density at radius 3 is 2.43 bits per heavy atom. The number of nitrogens with one attached hydrogen (secondary N) is 1. The van der Waals surface area contributed by atoms with Crippen molar-refractivity contribution < 1.29 is 14.6 Å². The van der Waals surface area contributed by atoms with Crippen LogP contribution in [0.2, 0.25) is 5.02 Å². The minimum Gasteiger partial charge on any atom is -0.489 e. The van der Waals surface area contributed by atoms with Crippen molar-refractivity contribution in [2.24, 2.45) is 10.9 Å². The predicted molar refractivity (Wildman–Crippen MR) is 133 cm³/mol. The van der Waals surface area contributed by atoms with Crippen LogP contribution in [0.1, 0.15) is 38.3 Å². The van der Waals surface area contributed by atoms with Gasteiger partial charge in [0.05, 0.1) is 29.3 Å². The lowest BCUT2D eigenvalue weighted by atomic mass is 10.1. The molecular weight excluding hydrogens is 472 g/mol. The summed E-state index contributed by atoms with van der Waals surface area (Å²) in [6.07, 6.45) is 0.809. The third-order valence-corrected chi connectivity index (χ3v) is 5.87. The fourth-order valence-electron chi connectivity index (χ4n) is 3.25. The second-order valence-electron chi connectivity index (χ2n) is 8.52. The molecule has 0 unspecified atom stereocenters. The van der Waals surface area contributed by atoms with E-state index < -0.39 is 23.3 Å². The molecule has 0 radical (unpaired) electrons. The minimum absolute atomic E-state index is 0.0101. The molecule has 0 amide bonds. The first kappa shape index (κ1) is 26.0. The van der Waals surface area contributed by atoms with E-state index >= 15 is 0 Å². The number of carboxylic acids is 1. The molecule has 0 aliphatic carbocycles. The van der Waals surface area contributed by atoms with E-state index in [4.69, 9.17) is 16.3 Å². The lowest BCUT2D eigenvalue weighted by Gasteiger charge is -2.14. The largest absolute Gasteiger partial charge is 0.489 e. The number of aromatic amines is 1. The fraction of sp³-hybridized carbons (Fsp3) is 0.360. The van der Waals surface area contributed by atoms with Gasteiger partial charge in [-0.15, -0.1) is 0 Å². The zero-order valence-corrected chi connectivity index (χ0v) is 20.9. The maximum Gasteiger partial charge on any atom is 0.335 e. The van der Waals surface area contributed by atoms with Gasteiger partial charge in [-0.3, -0.25) is 14.3 Å². The molecule has 0 saturated carbocycles. The molecule has 186 valence electrons. The van der Waals surface area contributed by atoms with E-state index in [0.717, 1.165) is 22.1 Å². The molecule has 0 spiro atoms. The van der Waals surface area contributed by atoms with Crippen LogP contribution in [-0.2, 0) is 17.9 Å². The Kier molecular flexibility index (Phi) is 8.34. The van der Waals surface area contributed by atoms with Crippen molar-refractivity contribution >= 4 is 23.3 Å². The number of rotatable bonds is 9. The Labute approximate surface area is 207 Å². The fourth-order valence-corrected chi connectivity index (χ4v) is 3.47.